The molecule has 20 heavy (non-hydrogen) atoms. The molecule has 2 rings (SSSR count). The summed E-state index contributed by atoms with van der Waals surface area (Å²) in [6.07, 6.45) is 5.52. The second-order valence-electron chi connectivity index (χ2n) is 7.66. The molecule has 1 aromatic rings. The van der Waals surface area contributed by atoms with Crippen LogP contribution in [0.2, 0.25) is 0 Å². The van der Waals surface area contributed by atoms with Crippen LogP contribution in [-0.2, 0) is 5.41 Å². The van der Waals surface area contributed by atoms with Gasteiger partial charge in [-0.05, 0) is 48.3 Å². The molecule has 1 aromatic carbocycles. The summed E-state index contributed by atoms with van der Waals surface area (Å²) < 4.78 is 0. The SMILES string of the molecule is CNC(c1ccc(C(C)(C)C)cc1)C1CCC(C)CC1. The summed E-state index contributed by atoms with van der Waals surface area (Å²) >= 11 is 0. The Morgan fingerprint density at radius 1 is 1.00 bits per heavy atom. The van der Waals surface area contributed by atoms with E-state index in [0.717, 1.165) is 11.8 Å². The molecule has 1 heteroatoms. The molecule has 0 bridgehead atoms. The minimum absolute atomic E-state index is 0.244. The maximum absolute atomic E-state index is 3.56. The van der Waals surface area contributed by atoms with Gasteiger partial charge in [0.05, 0.1) is 0 Å². The van der Waals surface area contributed by atoms with Crippen molar-refractivity contribution >= 4 is 0 Å². The highest BCUT2D eigenvalue weighted by Crippen LogP contribution is 2.37. The molecule has 0 radical (unpaired) electrons. The third-order valence-electron chi connectivity index (χ3n) is 4.98. The van der Waals surface area contributed by atoms with Gasteiger partial charge in [-0.3, -0.25) is 0 Å². The fourth-order valence-electron chi connectivity index (χ4n) is 3.48. The summed E-state index contributed by atoms with van der Waals surface area (Å²) in [4.78, 5) is 0. The third-order valence-corrected chi connectivity index (χ3v) is 4.98. The van der Waals surface area contributed by atoms with E-state index < -0.39 is 0 Å². The first kappa shape index (κ1) is 15.6. The molecule has 0 heterocycles. The van der Waals surface area contributed by atoms with E-state index >= 15 is 0 Å². The van der Waals surface area contributed by atoms with Gasteiger partial charge in [0.15, 0.2) is 0 Å². The summed E-state index contributed by atoms with van der Waals surface area (Å²) in [5, 5.41) is 3.56. The zero-order chi connectivity index (χ0) is 14.8. The predicted octanol–water partition coefficient (Wildman–Crippen LogP) is 5.07. The van der Waals surface area contributed by atoms with Gasteiger partial charge in [-0.25, -0.2) is 0 Å². The van der Waals surface area contributed by atoms with Crippen molar-refractivity contribution in [2.45, 2.75) is 64.8 Å². The molecular weight excluding hydrogens is 242 g/mol. The fourth-order valence-corrected chi connectivity index (χ4v) is 3.48. The van der Waals surface area contributed by atoms with Gasteiger partial charge >= 0.3 is 0 Å². The quantitative estimate of drug-likeness (QED) is 0.810. The lowest BCUT2D eigenvalue weighted by atomic mass is 9.77. The molecule has 1 N–H and O–H groups in total. The first-order valence-corrected chi connectivity index (χ1v) is 8.19. The van der Waals surface area contributed by atoms with Crippen molar-refractivity contribution in [2.75, 3.05) is 7.05 Å². The van der Waals surface area contributed by atoms with Gasteiger partial charge in [0, 0.05) is 6.04 Å². The first-order chi connectivity index (χ1) is 9.41. The summed E-state index contributed by atoms with van der Waals surface area (Å²) in [5.74, 6) is 1.73. The van der Waals surface area contributed by atoms with Crippen LogP contribution in [0, 0.1) is 11.8 Å². The number of hydrogen-bond donors (Lipinski definition) is 1. The second-order valence-corrected chi connectivity index (χ2v) is 7.66. The van der Waals surface area contributed by atoms with Crippen LogP contribution in [0.1, 0.15) is 70.5 Å². The predicted molar refractivity (Wildman–Crippen MR) is 88.1 cm³/mol. The summed E-state index contributed by atoms with van der Waals surface area (Å²) in [7, 11) is 2.11. The Morgan fingerprint density at radius 3 is 2.00 bits per heavy atom. The fraction of sp³-hybridized carbons (Fsp3) is 0.684. The lowest BCUT2D eigenvalue weighted by Crippen LogP contribution is -2.28. The average Bonchev–Trinajstić information content (AvgIpc) is 2.41. The average molecular weight is 273 g/mol. The van der Waals surface area contributed by atoms with E-state index in [2.05, 4.69) is 64.3 Å². The van der Waals surface area contributed by atoms with Crippen molar-refractivity contribution in [3.05, 3.63) is 35.4 Å². The molecule has 0 aliphatic heterocycles. The van der Waals surface area contributed by atoms with E-state index in [1.54, 1.807) is 0 Å². The highest BCUT2D eigenvalue weighted by atomic mass is 14.9. The van der Waals surface area contributed by atoms with Gasteiger partial charge in [-0.2, -0.15) is 0 Å². The van der Waals surface area contributed by atoms with Crippen molar-refractivity contribution in [1.29, 1.82) is 0 Å². The van der Waals surface area contributed by atoms with Crippen LogP contribution < -0.4 is 5.32 Å². The van der Waals surface area contributed by atoms with Gasteiger partial charge in [0.2, 0.25) is 0 Å². The summed E-state index contributed by atoms with van der Waals surface area (Å²) in [6, 6.07) is 9.81. The zero-order valence-corrected chi connectivity index (χ0v) is 13.9. The maximum atomic E-state index is 3.56. The van der Waals surface area contributed by atoms with Crippen LogP contribution in [0.5, 0.6) is 0 Å². The molecule has 1 saturated carbocycles. The van der Waals surface area contributed by atoms with E-state index in [0.29, 0.717) is 6.04 Å². The molecule has 1 nitrogen and oxygen atoms in total. The summed E-state index contributed by atoms with van der Waals surface area (Å²) in [5.41, 5.74) is 3.13. The Hall–Kier alpha value is -0.820. The van der Waals surface area contributed by atoms with Gasteiger partial charge in [0.1, 0.15) is 0 Å². The van der Waals surface area contributed by atoms with E-state index in [9.17, 15) is 0 Å². The monoisotopic (exact) mass is 273 g/mol. The zero-order valence-electron chi connectivity index (χ0n) is 13.9. The standard InChI is InChI=1S/C19H31N/c1-14-6-8-15(9-7-14)18(20-5)16-10-12-17(13-11-16)19(2,3)4/h10-15,18,20H,6-9H2,1-5H3. The Kier molecular flexibility index (Phi) is 4.90. The Morgan fingerprint density at radius 2 is 1.55 bits per heavy atom. The normalized spacial score (nSPS) is 25.4. The molecule has 1 atom stereocenters. The van der Waals surface area contributed by atoms with E-state index in [4.69, 9.17) is 0 Å². The Bertz CT molecular complexity index is 404. The molecule has 112 valence electrons. The van der Waals surface area contributed by atoms with Crippen molar-refractivity contribution < 1.29 is 0 Å². The molecule has 0 saturated heterocycles. The molecule has 1 unspecified atom stereocenters. The van der Waals surface area contributed by atoms with E-state index in [1.165, 1.54) is 36.8 Å². The first-order valence-electron chi connectivity index (χ1n) is 8.19. The Balaban J connectivity index is 2.11. The van der Waals surface area contributed by atoms with E-state index in [1.807, 2.05) is 0 Å². The van der Waals surface area contributed by atoms with Gasteiger partial charge in [0.25, 0.3) is 0 Å². The minimum atomic E-state index is 0.244. The van der Waals surface area contributed by atoms with Crippen LogP contribution in [0.15, 0.2) is 24.3 Å². The van der Waals surface area contributed by atoms with Gasteiger partial charge in [-0.15, -0.1) is 0 Å². The molecular formula is C19H31N. The van der Waals surface area contributed by atoms with Crippen LogP contribution in [-0.4, -0.2) is 7.05 Å². The number of hydrogen-bond acceptors (Lipinski definition) is 1. The lowest BCUT2D eigenvalue weighted by molar-refractivity contribution is 0.238. The maximum Gasteiger partial charge on any atom is 0.0346 e. The largest absolute Gasteiger partial charge is 0.313 e. The highest BCUT2D eigenvalue weighted by Gasteiger charge is 2.26. The van der Waals surface area contributed by atoms with E-state index in [-0.39, 0.29) is 5.41 Å². The van der Waals surface area contributed by atoms with Crippen molar-refractivity contribution in [1.82, 2.24) is 5.32 Å². The smallest absolute Gasteiger partial charge is 0.0346 e. The van der Waals surface area contributed by atoms with Crippen LogP contribution >= 0.6 is 0 Å². The molecule has 1 fully saturated rings. The van der Waals surface area contributed by atoms with Crippen LogP contribution in [0.25, 0.3) is 0 Å². The summed E-state index contributed by atoms with van der Waals surface area (Å²) in [6.45, 7) is 9.23. The van der Waals surface area contributed by atoms with Crippen molar-refractivity contribution in [2.24, 2.45) is 11.8 Å². The third kappa shape index (κ3) is 3.63. The number of rotatable bonds is 3. The van der Waals surface area contributed by atoms with Crippen LogP contribution in [0.3, 0.4) is 0 Å². The second kappa shape index (κ2) is 6.30. The number of benzene rings is 1. The van der Waals surface area contributed by atoms with Crippen molar-refractivity contribution in [3.8, 4) is 0 Å². The van der Waals surface area contributed by atoms with Crippen molar-refractivity contribution in [3.63, 3.8) is 0 Å². The number of nitrogens with one attached hydrogen (secondary N) is 1. The van der Waals surface area contributed by atoms with Crippen LogP contribution in [0.4, 0.5) is 0 Å². The Labute approximate surface area is 125 Å². The highest BCUT2D eigenvalue weighted by molar-refractivity contribution is 5.29. The van der Waals surface area contributed by atoms with Gasteiger partial charge < -0.3 is 5.32 Å². The molecule has 0 amide bonds. The molecule has 1 aliphatic rings. The van der Waals surface area contributed by atoms with Gasteiger partial charge in [-0.1, -0.05) is 64.8 Å². The topological polar surface area (TPSA) is 12.0 Å². The molecule has 0 aromatic heterocycles. The lowest BCUT2D eigenvalue weighted by Gasteiger charge is -2.33. The minimum Gasteiger partial charge on any atom is -0.313 e. The molecule has 0 spiro atoms. The molecule has 1 aliphatic carbocycles.